The van der Waals surface area contributed by atoms with Gasteiger partial charge in [-0.2, -0.15) is 0 Å². The third-order valence-corrected chi connectivity index (χ3v) is 4.91. The molecular formula is C21H20ClN5O. The fourth-order valence-electron chi connectivity index (χ4n) is 3.24. The van der Waals surface area contributed by atoms with E-state index in [4.69, 9.17) is 11.6 Å². The number of pyridine rings is 2. The molecule has 0 bridgehead atoms. The number of nitrogens with one attached hydrogen (secondary N) is 1. The monoisotopic (exact) mass is 393 g/mol. The van der Waals surface area contributed by atoms with Gasteiger partial charge < -0.3 is 15.1 Å². The number of nitrogens with zero attached hydrogens (tertiary/aromatic N) is 4. The van der Waals surface area contributed by atoms with Gasteiger partial charge >= 0.3 is 0 Å². The van der Waals surface area contributed by atoms with E-state index in [2.05, 4.69) is 25.1 Å². The number of benzene rings is 1. The first-order chi connectivity index (χ1) is 13.7. The third-order valence-electron chi connectivity index (χ3n) is 4.68. The van der Waals surface area contributed by atoms with E-state index >= 15 is 0 Å². The minimum atomic E-state index is -0.253. The maximum absolute atomic E-state index is 12.5. The molecule has 1 aromatic carbocycles. The molecule has 1 aliphatic heterocycles. The molecule has 7 heteroatoms. The Bertz CT molecular complexity index is 958. The van der Waals surface area contributed by atoms with E-state index in [1.165, 1.54) is 0 Å². The lowest BCUT2D eigenvalue weighted by atomic mass is 10.2. The van der Waals surface area contributed by atoms with Crippen molar-refractivity contribution in [3.8, 4) is 0 Å². The van der Waals surface area contributed by atoms with Gasteiger partial charge in [0.15, 0.2) is 0 Å². The zero-order valence-corrected chi connectivity index (χ0v) is 16.0. The van der Waals surface area contributed by atoms with Crippen molar-refractivity contribution in [1.29, 1.82) is 0 Å². The van der Waals surface area contributed by atoms with Gasteiger partial charge in [-0.1, -0.05) is 23.7 Å². The Labute approximate surface area is 168 Å². The molecule has 0 unspecified atom stereocenters. The van der Waals surface area contributed by atoms with Crippen LogP contribution in [-0.4, -0.2) is 42.1 Å². The second kappa shape index (κ2) is 8.27. The lowest BCUT2D eigenvalue weighted by Crippen LogP contribution is -2.46. The first-order valence-electron chi connectivity index (χ1n) is 9.13. The summed E-state index contributed by atoms with van der Waals surface area (Å²) in [6.45, 7) is 3.47. The highest BCUT2D eigenvalue weighted by Crippen LogP contribution is 2.20. The topological polar surface area (TPSA) is 61.4 Å². The summed E-state index contributed by atoms with van der Waals surface area (Å²) in [5.41, 5.74) is 2.02. The third kappa shape index (κ3) is 4.23. The zero-order chi connectivity index (χ0) is 19.3. The Morgan fingerprint density at radius 3 is 2.46 bits per heavy atom. The molecule has 142 valence electrons. The molecule has 2 aromatic heterocycles. The number of anilines is 3. The molecule has 0 atom stereocenters. The number of piperazine rings is 1. The van der Waals surface area contributed by atoms with Crippen molar-refractivity contribution in [1.82, 2.24) is 9.97 Å². The minimum Gasteiger partial charge on any atom is -0.368 e. The van der Waals surface area contributed by atoms with Crippen molar-refractivity contribution in [2.45, 2.75) is 0 Å². The number of hydrogen-bond acceptors (Lipinski definition) is 5. The molecule has 28 heavy (non-hydrogen) atoms. The van der Waals surface area contributed by atoms with Gasteiger partial charge in [-0.15, -0.1) is 0 Å². The molecule has 1 aliphatic rings. The predicted molar refractivity (Wildman–Crippen MR) is 112 cm³/mol. The van der Waals surface area contributed by atoms with E-state index < -0.39 is 0 Å². The van der Waals surface area contributed by atoms with Crippen LogP contribution in [0.1, 0.15) is 10.5 Å². The number of rotatable bonds is 4. The predicted octanol–water partition coefficient (Wildman–Crippen LogP) is 3.71. The van der Waals surface area contributed by atoms with Crippen LogP contribution in [0.25, 0.3) is 0 Å². The molecule has 1 N–H and O–H groups in total. The van der Waals surface area contributed by atoms with E-state index in [0.29, 0.717) is 16.4 Å². The van der Waals surface area contributed by atoms with Gasteiger partial charge in [0.1, 0.15) is 11.5 Å². The van der Waals surface area contributed by atoms with Crippen molar-refractivity contribution < 1.29 is 4.79 Å². The molecule has 1 amide bonds. The van der Waals surface area contributed by atoms with E-state index in [1.807, 2.05) is 36.5 Å². The summed E-state index contributed by atoms with van der Waals surface area (Å²) in [6, 6.07) is 16.8. The standard InChI is InChI=1S/C21H20ClN5O/c22-16-4-3-5-17(14-16)25-21(28)19-15-18(7-9-23-19)26-10-12-27(13-11-26)20-6-1-2-8-24-20/h1-9,14-15H,10-13H2,(H,25,28). The Morgan fingerprint density at radius 2 is 1.71 bits per heavy atom. The second-order valence-corrected chi connectivity index (χ2v) is 6.96. The van der Waals surface area contributed by atoms with Crippen LogP contribution in [-0.2, 0) is 0 Å². The number of carbonyl (C=O) groups excluding carboxylic acids is 1. The van der Waals surface area contributed by atoms with Gasteiger partial charge in [-0.3, -0.25) is 9.78 Å². The van der Waals surface area contributed by atoms with Crippen molar-refractivity contribution in [2.24, 2.45) is 0 Å². The quantitative estimate of drug-likeness (QED) is 0.732. The Morgan fingerprint density at radius 1 is 0.893 bits per heavy atom. The number of carbonyl (C=O) groups is 1. The van der Waals surface area contributed by atoms with Crippen molar-refractivity contribution in [3.05, 3.63) is 77.7 Å². The van der Waals surface area contributed by atoms with Crippen LogP contribution >= 0.6 is 11.6 Å². The number of amides is 1. The van der Waals surface area contributed by atoms with Crippen LogP contribution in [0, 0.1) is 0 Å². The maximum atomic E-state index is 12.5. The van der Waals surface area contributed by atoms with Crippen LogP contribution in [0.4, 0.5) is 17.2 Å². The molecule has 4 rings (SSSR count). The molecular weight excluding hydrogens is 374 g/mol. The zero-order valence-electron chi connectivity index (χ0n) is 15.3. The van der Waals surface area contributed by atoms with Gasteiger partial charge in [0.2, 0.25) is 0 Å². The molecule has 0 radical (unpaired) electrons. The first-order valence-corrected chi connectivity index (χ1v) is 9.51. The summed E-state index contributed by atoms with van der Waals surface area (Å²) >= 11 is 5.98. The highest BCUT2D eigenvalue weighted by Gasteiger charge is 2.19. The van der Waals surface area contributed by atoms with Crippen molar-refractivity contribution in [2.75, 3.05) is 41.3 Å². The molecule has 1 saturated heterocycles. The van der Waals surface area contributed by atoms with Crippen LogP contribution in [0.15, 0.2) is 67.0 Å². The normalized spacial score (nSPS) is 14.0. The SMILES string of the molecule is O=C(Nc1cccc(Cl)c1)c1cc(N2CCN(c3ccccn3)CC2)ccn1. The first kappa shape index (κ1) is 18.3. The van der Waals surface area contributed by atoms with E-state index in [1.54, 1.807) is 30.5 Å². The number of halogens is 1. The second-order valence-electron chi connectivity index (χ2n) is 6.53. The maximum Gasteiger partial charge on any atom is 0.274 e. The molecule has 1 fully saturated rings. The van der Waals surface area contributed by atoms with E-state index in [0.717, 1.165) is 37.7 Å². The summed E-state index contributed by atoms with van der Waals surface area (Å²) in [7, 11) is 0. The molecule has 0 spiro atoms. The van der Waals surface area contributed by atoms with E-state index in [-0.39, 0.29) is 5.91 Å². The summed E-state index contributed by atoms with van der Waals surface area (Å²) in [5, 5.41) is 3.41. The fraction of sp³-hybridized carbons (Fsp3) is 0.190. The molecule has 0 aliphatic carbocycles. The molecule has 0 saturated carbocycles. The minimum absolute atomic E-state index is 0.253. The van der Waals surface area contributed by atoms with E-state index in [9.17, 15) is 4.79 Å². The lowest BCUT2D eigenvalue weighted by molar-refractivity contribution is 0.102. The van der Waals surface area contributed by atoms with Gasteiger partial charge in [0.05, 0.1) is 0 Å². The van der Waals surface area contributed by atoms with Crippen LogP contribution < -0.4 is 15.1 Å². The fourth-order valence-corrected chi connectivity index (χ4v) is 3.43. The smallest absolute Gasteiger partial charge is 0.274 e. The molecule has 3 aromatic rings. The Kier molecular flexibility index (Phi) is 5.39. The number of aromatic nitrogens is 2. The highest BCUT2D eigenvalue weighted by molar-refractivity contribution is 6.30. The number of hydrogen-bond donors (Lipinski definition) is 1. The summed E-state index contributed by atoms with van der Waals surface area (Å²) in [5.74, 6) is 0.745. The Balaban J connectivity index is 1.42. The Hall–Kier alpha value is -3.12. The van der Waals surface area contributed by atoms with Gasteiger partial charge in [-0.25, -0.2) is 4.98 Å². The lowest BCUT2D eigenvalue weighted by Gasteiger charge is -2.36. The van der Waals surface area contributed by atoms with Gasteiger partial charge in [0, 0.05) is 55.0 Å². The van der Waals surface area contributed by atoms with Gasteiger partial charge in [0.25, 0.3) is 5.91 Å². The van der Waals surface area contributed by atoms with Crippen LogP contribution in [0.5, 0.6) is 0 Å². The average molecular weight is 394 g/mol. The van der Waals surface area contributed by atoms with Crippen LogP contribution in [0.2, 0.25) is 5.02 Å². The summed E-state index contributed by atoms with van der Waals surface area (Å²) < 4.78 is 0. The summed E-state index contributed by atoms with van der Waals surface area (Å²) in [4.78, 5) is 25.7. The van der Waals surface area contributed by atoms with Gasteiger partial charge in [-0.05, 0) is 42.5 Å². The van der Waals surface area contributed by atoms with Crippen molar-refractivity contribution in [3.63, 3.8) is 0 Å². The molecule has 6 nitrogen and oxygen atoms in total. The van der Waals surface area contributed by atoms with Crippen molar-refractivity contribution >= 4 is 34.7 Å². The molecule has 3 heterocycles. The summed E-state index contributed by atoms with van der Waals surface area (Å²) in [6.07, 6.45) is 3.49. The van der Waals surface area contributed by atoms with Crippen LogP contribution in [0.3, 0.4) is 0 Å². The average Bonchev–Trinajstić information content (AvgIpc) is 2.75. The largest absolute Gasteiger partial charge is 0.368 e. The highest BCUT2D eigenvalue weighted by atomic mass is 35.5.